The molecule has 0 spiro atoms. The molecule has 2 N–H and O–H groups in total. The predicted octanol–water partition coefficient (Wildman–Crippen LogP) is 1.70. The summed E-state index contributed by atoms with van der Waals surface area (Å²) >= 11 is 5.04. The van der Waals surface area contributed by atoms with E-state index in [0.29, 0.717) is 26.3 Å². The van der Waals surface area contributed by atoms with Crippen LogP contribution in [-0.4, -0.2) is 30.8 Å². The fourth-order valence-corrected chi connectivity index (χ4v) is 2.97. The normalized spacial score (nSPS) is 18.1. The molecule has 0 bridgehead atoms. The molecular weight excluding hydrogens is 294 g/mol. The number of nitrogens with one attached hydrogen (secondary N) is 1. The monoisotopic (exact) mass is 305 g/mol. The van der Waals surface area contributed by atoms with Gasteiger partial charge in [0, 0.05) is 18.0 Å². The largest absolute Gasteiger partial charge is 0.481 e. The Morgan fingerprint density at radius 3 is 2.81 bits per heavy atom. The van der Waals surface area contributed by atoms with E-state index in [9.17, 15) is 4.79 Å². The molecule has 0 aromatic carbocycles. The minimum atomic E-state index is -0.779. The molecule has 1 saturated heterocycles. The van der Waals surface area contributed by atoms with Crippen molar-refractivity contribution in [1.82, 2.24) is 5.32 Å². The minimum absolute atomic E-state index is 0.309. The van der Waals surface area contributed by atoms with E-state index in [1.807, 2.05) is 12.1 Å². The zero-order valence-corrected chi connectivity index (χ0v) is 10.9. The molecule has 0 amide bonds. The average molecular weight is 306 g/mol. The highest BCUT2D eigenvalue weighted by molar-refractivity contribution is 9.11. The number of carbonyl (C=O) groups is 1. The van der Waals surface area contributed by atoms with E-state index in [0.717, 1.165) is 3.79 Å². The topological polar surface area (TPSA) is 58.6 Å². The van der Waals surface area contributed by atoms with Gasteiger partial charge in [0.15, 0.2) is 0 Å². The standard InChI is InChI=1S/C10H12BrNO3S/c11-8-2-1-7(16-8)3-12-4-10(9(13)14)5-15-6-10/h1-2,12H,3-6H2,(H,13,14). The molecule has 1 aromatic rings. The fraction of sp³-hybridized carbons (Fsp3) is 0.500. The Hall–Kier alpha value is -0.430. The quantitative estimate of drug-likeness (QED) is 0.869. The lowest BCUT2D eigenvalue weighted by molar-refractivity contribution is -0.178. The number of hydrogen-bond acceptors (Lipinski definition) is 4. The molecule has 1 fully saturated rings. The highest BCUT2D eigenvalue weighted by Crippen LogP contribution is 2.27. The van der Waals surface area contributed by atoms with E-state index in [2.05, 4.69) is 21.2 Å². The van der Waals surface area contributed by atoms with Crippen LogP contribution in [0.15, 0.2) is 15.9 Å². The average Bonchev–Trinajstić information content (AvgIpc) is 2.55. The number of ether oxygens (including phenoxy) is 1. The van der Waals surface area contributed by atoms with Crippen molar-refractivity contribution in [2.45, 2.75) is 6.54 Å². The molecule has 2 heterocycles. The van der Waals surface area contributed by atoms with Gasteiger partial charge in [-0.3, -0.25) is 4.79 Å². The van der Waals surface area contributed by atoms with Gasteiger partial charge in [-0.25, -0.2) is 0 Å². The van der Waals surface area contributed by atoms with E-state index < -0.39 is 11.4 Å². The van der Waals surface area contributed by atoms with E-state index in [-0.39, 0.29) is 0 Å². The van der Waals surface area contributed by atoms with Gasteiger partial charge >= 0.3 is 5.97 Å². The molecule has 88 valence electrons. The van der Waals surface area contributed by atoms with E-state index in [1.54, 1.807) is 11.3 Å². The van der Waals surface area contributed by atoms with E-state index in [4.69, 9.17) is 9.84 Å². The molecule has 2 rings (SSSR count). The van der Waals surface area contributed by atoms with Gasteiger partial charge in [0.2, 0.25) is 0 Å². The number of hydrogen-bond donors (Lipinski definition) is 2. The second kappa shape index (κ2) is 4.83. The maximum absolute atomic E-state index is 11.0. The summed E-state index contributed by atoms with van der Waals surface area (Å²) in [5.74, 6) is -0.779. The fourth-order valence-electron chi connectivity index (χ4n) is 1.52. The van der Waals surface area contributed by atoms with Gasteiger partial charge in [0.05, 0.1) is 17.0 Å². The van der Waals surface area contributed by atoms with E-state index in [1.165, 1.54) is 4.88 Å². The zero-order chi connectivity index (χ0) is 11.6. The van der Waals surface area contributed by atoms with Gasteiger partial charge in [-0.1, -0.05) is 0 Å². The molecule has 0 atom stereocenters. The summed E-state index contributed by atoms with van der Waals surface area (Å²) in [5.41, 5.74) is -0.714. The van der Waals surface area contributed by atoms with Crippen molar-refractivity contribution in [3.05, 3.63) is 20.8 Å². The Morgan fingerprint density at radius 1 is 1.62 bits per heavy atom. The van der Waals surface area contributed by atoms with Crippen LogP contribution in [0.3, 0.4) is 0 Å². The lowest BCUT2D eigenvalue weighted by Crippen LogP contribution is -2.54. The Balaban J connectivity index is 1.81. The number of aliphatic carboxylic acids is 1. The van der Waals surface area contributed by atoms with Crippen LogP contribution in [0.25, 0.3) is 0 Å². The smallest absolute Gasteiger partial charge is 0.315 e. The SMILES string of the molecule is O=C(O)C1(CNCc2ccc(Br)s2)COC1. The van der Waals surface area contributed by atoms with Crippen molar-refractivity contribution < 1.29 is 14.6 Å². The Morgan fingerprint density at radius 2 is 2.38 bits per heavy atom. The molecule has 0 unspecified atom stereocenters. The van der Waals surface area contributed by atoms with Crippen LogP contribution in [0.5, 0.6) is 0 Å². The van der Waals surface area contributed by atoms with Crippen molar-refractivity contribution in [2.75, 3.05) is 19.8 Å². The lowest BCUT2D eigenvalue weighted by atomic mass is 9.86. The first-order valence-electron chi connectivity index (χ1n) is 4.88. The minimum Gasteiger partial charge on any atom is -0.481 e. The van der Waals surface area contributed by atoms with Crippen LogP contribution in [0, 0.1) is 5.41 Å². The molecule has 0 saturated carbocycles. The third-order valence-electron chi connectivity index (χ3n) is 2.60. The molecule has 0 radical (unpaired) electrons. The summed E-state index contributed by atoms with van der Waals surface area (Å²) in [6, 6.07) is 4.01. The van der Waals surface area contributed by atoms with Gasteiger partial charge in [0.25, 0.3) is 0 Å². The molecule has 1 aliphatic heterocycles. The molecule has 6 heteroatoms. The first-order valence-corrected chi connectivity index (χ1v) is 6.49. The highest BCUT2D eigenvalue weighted by Gasteiger charge is 2.45. The number of carboxylic acids is 1. The number of rotatable bonds is 5. The molecule has 1 aromatic heterocycles. The van der Waals surface area contributed by atoms with Gasteiger partial charge < -0.3 is 15.2 Å². The number of thiophene rings is 1. The van der Waals surface area contributed by atoms with Gasteiger partial charge in [-0.15, -0.1) is 11.3 Å². The van der Waals surface area contributed by atoms with Crippen LogP contribution in [0.4, 0.5) is 0 Å². The Bertz CT molecular complexity index is 389. The van der Waals surface area contributed by atoms with E-state index >= 15 is 0 Å². The maximum atomic E-state index is 11.0. The van der Waals surface area contributed by atoms with Crippen molar-refractivity contribution in [3.8, 4) is 0 Å². The summed E-state index contributed by atoms with van der Waals surface area (Å²) in [6.07, 6.45) is 0. The summed E-state index contributed by atoms with van der Waals surface area (Å²) in [4.78, 5) is 12.2. The molecule has 16 heavy (non-hydrogen) atoms. The summed E-state index contributed by atoms with van der Waals surface area (Å²) in [7, 11) is 0. The van der Waals surface area contributed by atoms with Crippen LogP contribution < -0.4 is 5.32 Å². The van der Waals surface area contributed by atoms with Crippen molar-refractivity contribution in [2.24, 2.45) is 5.41 Å². The molecular formula is C10H12BrNO3S. The van der Waals surface area contributed by atoms with Crippen molar-refractivity contribution in [1.29, 1.82) is 0 Å². The zero-order valence-electron chi connectivity index (χ0n) is 8.53. The van der Waals surface area contributed by atoms with Crippen LogP contribution in [0.1, 0.15) is 4.88 Å². The summed E-state index contributed by atoms with van der Waals surface area (Å²) < 4.78 is 6.07. The van der Waals surface area contributed by atoms with Crippen LogP contribution >= 0.6 is 27.3 Å². The lowest BCUT2D eigenvalue weighted by Gasteiger charge is -2.37. The second-order valence-electron chi connectivity index (χ2n) is 3.89. The Kier molecular flexibility index (Phi) is 3.63. The second-order valence-corrected chi connectivity index (χ2v) is 6.44. The maximum Gasteiger partial charge on any atom is 0.315 e. The van der Waals surface area contributed by atoms with Gasteiger partial charge in [-0.05, 0) is 28.1 Å². The Labute approximate surface area is 106 Å². The third kappa shape index (κ3) is 2.45. The predicted molar refractivity (Wildman–Crippen MR) is 64.6 cm³/mol. The summed E-state index contributed by atoms with van der Waals surface area (Å²) in [5, 5.41) is 12.2. The number of halogens is 1. The van der Waals surface area contributed by atoms with Crippen LogP contribution in [-0.2, 0) is 16.1 Å². The molecule has 0 aliphatic carbocycles. The highest BCUT2D eigenvalue weighted by atomic mass is 79.9. The van der Waals surface area contributed by atoms with Gasteiger partial charge in [-0.2, -0.15) is 0 Å². The van der Waals surface area contributed by atoms with Crippen LogP contribution in [0.2, 0.25) is 0 Å². The first kappa shape index (κ1) is 12.0. The third-order valence-corrected chi connectivity index (χ3v) is 4.23. The van der Waals surface area contributed by atoms with Crippen molar-refractivity contribution >= 4 is 33.2 Å². The van der Waals surface area contributed by atoms with Crippen molar-refractivity contribution in [3.63, 3.8) is 0 Å². The molecule has 4 nitrogen and oxygen atoms in total. The number of carboxylic acid groups (broad SMARTS) is 1. The first-order chi connectivity index (χ1) is 7.62. The summed E-state index contributed by atoms with van der Waals surface area (Å²) in [6.45, 7) is 1.77. The van der Waals surface area contributed by atoms with Gasteiger partial charge in [0.1, 0.15) is 5.41 Å². The molecule has 1 aliphatic rings.